The zero-order valence-corrected chi connectivity index (χ0v) is 18.3. The number of hydrogen-bond acceptors (Lipinski definition) is 6. The molecule has 0 bridgehead atoms. The minimum atomic E-state index is 0. The van der Waals surface area contributed by atoms with Crippen molar-refractivity contribution in [3.8, 4) is 0 Å². The van der Waals surface area contributed by atoms with Gasteiger partial charge in [-0.2, -0.15) is 0 Å². The third kappa shape index (κ3) is 8.00. The highest BCUT2D eigenvalue weighted by Crippen LogP contribution is 2.09. The number of nitrogens with zero attached hydrogens (tertiary/aromatic N) is 5. The van der Waals surface area contributed by atoms with Crippen molar-refractivity contribution in [2.75, 3.05) is 64.4 Å². The Kier molecular flexibility index (Phi) is 11.5. The van der Waals surface area contributed by atoms with E-state index in [0.717, 1.165) is 57.7 Å². The number of aliphatic imine (C=N–C) groups is 1. The third-order valence-corrected chi connectivity index (χ3v) is 4.04. The second-order valence-corrected chi connectivity index (χ2v) is 6.14. The Morgan fingerprint density at radius 2 is 1.96 bits per heavy atom. The van der Waals surface area contributed by atoms with E-state index in [-0.39, 0.29) is 30.0 Å². The number of nitrogens with one attached hydrogen (secondary N) is 2. The third-order valence-electron chi connectivity index (χ3n) is 4.04. The summed E-state index contributed by atoms with van der Waals surface area (Å²) in [7, 11) is 1.71. The number of hydrogen-bond donors (Lipinski definition) is 2. The molecule has 0 aliphatic carbocycles. The van der Waals surface area contributed by atoms with Crippen molar-refractivity contribution in [2.24, 2.45) is 4.99 Å². The number of piperazine rings is 1. The molecule has 0 saturated carbocycles. The van der Waals surface area contributed by atoms with Crippen LogP contribution in [-0.4, -0.2) is 86.4 Å². The number of halogens is 1. The van der Waals surface area contributed by atoms with Gasteiger partial charge in [0.15, 0.2) is 5.96 Å². The van der Waals surface area contributed by atoms with Crippen LogP contribution in [0.25, 0.3) is 0 Å². The molecule has 1 aliphatic rings. The second kappa shape index (κ2) is 13.0. The molecule has 1 aromatic heterocycles. The van der Waals surface area contributed by atoms with Gasteiger partial charge in [0.05, 0.1) is 13.2 Å². The van der Waals surface area contributed by atoms with Gasteiger partial charge in [-0.25, -0.2) is 9.97 Å². The lowest BCUT2D eigenvalue weighted by Crippen LogP contribution is -2.48. The Hall–Kier alpha value is -1.20. The zero-order valence-electron chi connectivity index (χ0n) is 16.0. The number of ether oxygens (including phenoxy) is 1. The maximum absolute atomic E-state index is 5.16. The quantitative estimate of drug-likeness (QED) is 0.326. The smallest absolute Gasteiger partial charge is 0.225 e. The lowest BCUT2D eigenvalue weighted by atomic mass is 10.3. The maximum atomic E-state index is 5.16. The van der Waals surface area contributed by atoms with Crippen LogP contribution in [0.5, 0.6) is 0 Å². The molecule has 8 nitrogen and oxygen atoms in total. The molecule has 0 radical (unpaired) electrons. The Labute approximate surface area is 173 Å². The molecule has 1 fully saturated rings. The fourth-order valence-corrected chi connectivity index (χ4v) is 2.77. The van der Waals surface area contributed by atoms with Crippen LogP contribution >= 0.6 is 24.0 Å². The molecule has 1 aromatic rings. The molecule has 2 rings (SSSR count). The van der Waals surface area contributed by atoms with E-state index in [9.17, 15) is 0 Å². The number of rotatable bonds is 8. The second-order valence-electron chi connectivity index (χ2n) is 6.14. The fraction of sp³-hybridized carbons (Fsp3) is 0.706. The van der Waals surface area contributed by atoms with Crippen LogP contribution in [0.15, 0.2) is 23.5 Å². The first-order valence-electron chi connectivity index (χ1n) is 9.01. The topological polar surface area (TPSA) is 77.9 Å². The van der Waals surface area contributed by atoms with Crippen LogP contribution < -0.4 is 15.5 Å². The van der Waals surface area contributed by atoms with Crippen molar-refractivity contribution in [2.45, 2.75) is 19.9 Å². The largest absolute Gasteiger partial charge is 0.383 e. The van der Waals surface area contributed by atoms with Gasteiger partial charge in [-0.05, 0) is 19.9 Å². The fourth-order valence-electron chi connectivity index (χ4n) is 2.77. The van der Waals surface area contributed by atoms with E-state index in [1.54, 1.807) is 19.5 Å². The predicted octanol–water partition coefficient (Wildman–Crippen LogP) is 0.807. The van der Waals surface area contributed by atoms with E-state index in [2.05, 4.69) is 49.2 Å². The van der Waals surface area contributed by atoms with Gasteiger partial charge >= 0.3 is 0 Å². The summed E-state index contributed by atoms with van der Waals surface area (Å²) in [5.74, 6) is 1.68. The number of anilines is 1. The van der Waals surface area contributed by atoms with Crippen molar-refractivity contribution in [3.05, 3.63) is 18.5 Å². The van der Waals surface area contributed by atoms with E-state index in [1.165, 1.54) is 0 Å². The Morgan fingerprint density at radius 1 is 1.27 bits per heavy atom. The molecule has 1 unspecified atom stereocenters. The number of guanidine groups is 1. The SMILES string of the molecule is CCNC(=NCCN1CCN(c2ncccn2)CC1)NC(C)COC.I. The van der Waals surface area contributed by atoms with E-state index < -0.39 is 0 Å². The van der Waals surface area contributed by atoms with Crippen LogP contribution in [0, 0.1) is 0 Å². The van der Waals surface area contributed by atoms with Gasteiger partial charge < -0.3 is 20.3 Å². The normalized spacial score (nSPS) is 16.7. The van der Waals surface area contributed by atoms with Crippen molar-refractivity contribution in [1.82, 2.24) is 25.5 Å². The Balaban J connectivity index is 0.00000338. The minimum absolute atomic E-state index is 0. The molecule has 1 atom stereocenters. The number of aromatic nitrogens is 2. The summed E-state index contributed by atoms with van der Waals surface area (Å²) in [4.78, 5) is 18.0. The first-order valence-corrected chi connectivity index (χ1v) is 9.01. The van der Waals surface area contributed by atoms with Crippen LogP contribution in [-0.2, 0) is 4.74 Å². The molecule has 1 aliphatic heterocycles. The molecule has 0 spiro atoms. The summed E-state index contributed by atoms with van der Waals surface area (Å²) in [6.07, 6.45) is 3.59. The lowest BCUT2D eigenvalue weighted by molar-refractivity contribution is 0.179. The van der Waals surface area contributed by atoms with Gasteiger partial charge in [-0.1, -0.05) is 0 Å². The first kappa shape index (κ1) is 22.8. The molecule has 2 heterocycles. The summed E-state index contributed by atoms with van der Waals surface area (Å²) in [5, 5.41) is 6.63. The molecule has 9 heteroatoms. The summed E-state index contributed by atoms with van der Waals surface area (Å²) in [6, 6.07) is 2.08. The Morgan fingerprint density at radius 3 is 2.58 bits per heavy atom. The van der Waals surface area contributed by atoms with Crippen molar-refractivity contribution < 1.29 is 4.74 Å². The van der Waals surface area contributed by atoms with Gasteiger partial charge in [0.2, 0.25) is 5.95 Å². The molecule has 0 aromatic carbocycles. The minimum Gasteiger partial charge on any atom is -0.383 e. The molecule has 26 heavy (non-hydrogen) atoms. The molecule has 0 amide bonds. The maximum Gasteiger partial charge on any atom is 0.225 e. The van der Waals surface area contributed by atoms with E-state index in [1.807, 2.05) is 6.07 Å². The van der Waals surface area contributed by atoms with Crippen LogP contribution in [0.2, 0.25) is 0 Å². The zero-order chi connectivity index (χ0) is 17.9. The monoisotopic (exact) mass is 477 g/mol. The molecular weight excluding hydrogens is 445 g/mol. The molecule has 1 saturated heterocycles. The van der Waals surface area contributed by atoms with Gasteiger partial charge in [0.1, 0.15) is 0 Å². The van der Waals surface area contributed by atoms with Gasteiger partial charge in [-0.3, -0.25) is 9.89 Å². The van der Waals surface area contributed by atoms with E-state index >= 15 is 0 Å². The van der Waals surface area contributed by atoms with Crippen LogP contribution in [0.3, 0.4) is 0 Å². The highest BCUT2D eigenvalue weighted by molar-refractivity contribution is 14.0. The lowest BCUT2D eigenvalue weighted by Gasteiger charge is -2.34. The Bertz CT molecular complexity index is 509. The highest BCUT2D eigenvalue weighted by atomic mass is 127. The average Bonchev–Trinajstić information content (AvgIpc) is 2.63. The molecule has 2 N–H and O–H groups in total. The van der Waals surface area contributed by atoms with Crippen LogP contribution in [0.4, 0.5) is 5.95 Å². The van der Waals surface area contributed by atoms with Gasteiger partial charge in [-0.15, -0.1) is 24.0 Å². The molecule has 148 valence electrons. The summed E-state index contributed by atoms with van der Waals surface area (Å²) in [5.41, 5.74) is 0. The van der Waals surface area contributed by atoms with E-state index in [0.29, 0.717) is 6.61 Å². The summed E-state index contributed by atoms with van der Waals surface area (Å²) < 4.78 is 5.16. The van der Waals surface area contributed by atoms with Crippen LogP contribution in [0.1, 0.15) is 13.8 Å². The van der Waals surface area contributed by atoms with Crippen molar-refractivity contribution in [3.63, 3.8) is 0 Å². The highest BCUT2D eigenvalue weighted by Gasteiger charge is 2.18. The number of methoxy groups -OCH3 is 1. The summed E-state index contributed by atoms with van der Waals surface area (Å²) >= 11 is 0. The predicted molar refractivity (Wildman–Crippen MR) is 117 cm³/mol. The molecular formula is C17H32IN7O. The standard InChI is InChI=1S/C17H31N7O.HI/c1-4-18-16(22-15(2)14-25-3)19-8-9-23-10-12-24(13-11-23)17-20-6-5-7-21-17;/h5-7,15H,4,8-14H2,1-3H3,(H2,18,19,22);1H. The first-order chi connectivity index (χ1) is 12.2. The van der Waals surface area contributed by atoms with Crippen molar-refractivity contribution in [1.29, 1.82) is 0 Å². The van der Waals surface area contributed by atoms with Crippen molar-refractivity contribution >= 4 is 35.9 Å². The van der Waals surface area contributed by atoms with Gasteiger partial charge in [0, 0.05) is 64.8 Å². The van der Waals surface area contributed by atoms with Gasteiger partial charge in [0.25, 0.3) is 0 Å². The summed E-state index contributed by atoms with van der Waals surface area (Å²) in [6.45, 7) is 11.3. The van der Waals surface area contributed by atoms with E-state index in [4.69, 9.17) is 4.74 Å². The average molecular weight is 477 g/mol.